The first kappa shape index (κ1) is 21.0. The van der Waals surface area contributed by atoms with Crippen LogP contribution in [0.2, 0.25) is 5.02 Å². The summed E-state index contributed by atoms with van der Waals surface area (Å²) in [6.45, 7) is 4.12. The molecule has 7 heteroatoms. The Morgan fingerprint density at radius 3 is 2.39 bits per heavy atom. The van der Waals surface area contributed by atoms with Crippen LogP contribution in [-0.4, -0.2) is 20.7 Å². The number of rotatable bonds is 4. The number of allylic oxidation sites excluding steroid dienone is 1. The normalized spacial score (nSPS) is 14.8. The summed E-state index contributed by atoms with van der Waals surface area (Å²) in [5.74, 6) is 0.456. The molecule has 0 spiro atoms. The Labute approximate surface area is 196 Å². The molecule has 0 saturated heterocycles. The number of hydrogen-bond acceptors (Lipinski definition) is 4. The molecule has 1 amide bonds. The zero-order valence-corrected chi connectivity index (χ0v) is 19.0. The van der Waals surface area contributed by atoms with E-state index in [4.69, 9.17) is 11.6 Å². The monoisotopic (exact) mass is 455 g/mol. The van der Waals surface area contributed by atoms with Crippen molar-refractivity contribution in [1.29, 1.82) is 0 Å². The van der Waals surface area contributed by atoms with Gasteiger partial charge in [-0.05, 0) is 49.2 Å². The van der Waals surface area contributed by atoms with E-state index in [1.54, 1.807) is 28.9 Å². The molecular weight excluding hydrogens is 434 g/mol. The number of hydrogen-bond donors (Lipinski definition) is 2. The van der Waals surface area contributed by atoms with Gasteiger partial charge in [0.25, 0.3) is 11.9 Å². The van der Waals surface area contributed by atoms with Crippen LogP contribution in [0.15, 0.2) is 78.9 Å². The average molecular weight is 456 g/mol. The van der Waals surface area contributed by atoms with Gasteiger partial charge in [0.15, 0.2) is 0 Å². The van der Waals surface area contributed by atoms with E-state index in [9.17, 15) is 4.79 Å². The van der Waals surface area contributed by atoms with Gasteiger partial charge in [0, 0.05) is 16.3 Å². The minimum atomic E-state index is -0.320. The number of nitrogens with zero attached hydrogens (tertiary/aromatic N) is 3. The summed E-state index contributed by atoms with van der Waals surface area (Å²) in [4.78, 5) is 17.3. The first-order valence-corrected chi connectivity index (χ1v) is 11.0. The van der Waals surface area contributed by atoms with Crippen molar-refractivity contribution in [3.05, 3.63) is 112 Å². The van der Waals surface area contributed by atoms with Gasteiger partial charge in [-0.15, -0.1) is 5.10 Å². The number of nitrogens with one attached hydrogen (secondary N) is 2. The number of aryl methyl sites for hydroxylation is 2. The molecule has 0 aliphatic carbocycles. The van der Waals surface area contributed by atoms with Gasteiger partial charge in [0.1, 0.15) is 6.04 Å². The molecular formula is C26H22ClN5O. The lowest BCUT2D eigenvalue weighted by molar-refractivity contribution is 0.102. The summed E-state index contributed by atoms with van der Waals surface area (Å²) in [6.07, 6.45) is 2.12. The third-order valence-corrected chi connectivity index (χ3v) is 5.79. The molecule has 33 heavy (non-hydrogen) atoms. The molecule has 0 saturated carbocycles. The summed E-state index contributed by atoms with van der Waals surface area (Å²) < 4.78 is 1.79. The summed E-state index contributed by atoms with van der Waals surface area (Å²) in [5, 5.41) is 11.2. The van der Waals surface area contributed by atoms with Gasteiger partial charge in [0.2, 0.25) is 5.95 Å². The Hall–Kier alpha value is -3.90. The molecule has 1 aromatic heterocycles. The SMILES string of the molecule is Cc1ccc(C2=C[C@@H](c3ccc(C)cc3)n3nc(NC(=O)c4cccc(Cl)c4)nc3N2)cc1. The summed E-state index contributed by atoms with van der Waals surface area (Å²) in [7, 11) is 0. The number of aromatic nitrogens is 3. The van der Waals surface area contributed by atoms with E-state index in [0.717, 1.165) is 16.8 Å². The molecule has 1 atom stereocenters. The van der Waals surface area contributed by atoms with Crippen molar-refractivity contribution in [3.8, 4) is 0 Å². The molecule has 0 fully saturated rings. The van der Waals surface area contributed by atoms with Crippen LogP contribution >= 0.6 is 11.6 Å². The average Bonchev–Trinajstić information content (AvgIpc) is 3.22. The van der Waals surface area contributed by atoms with Crippen LogP contribution in [0.25, 0.3) is 5.70 Å². The van der Waals surface area contributed by atoms with Crippen molar-refractivity contribution >= 4 is 35.1 Å². The maximum Gasteiger partial charge on any atom is 0.258 e. The zero-order valence-electron chi connectivity index (χ0n) is 18.2. The van der Waals surface area contributed by atoms with Crippen molar-refractivity contribution in [2.24, 2.45) is 0 Å². The maximum absolute atomic E-state index is 12.7. The van der Waals surface area contributed by atoms with Crippen LogP contribution in [0.1, 0.15) is 38.7 Å². The first-order valence-electron chi connectivity index (χ1n) is 10.6. The second-order valence-electron chi connectivity index (χ2n) is 8.09. The van der Waals surface area contributed by atoms with Crippen LogP contribution in [0.4, 0.5) is 11.9 Å². The minimum Gasteiger partial charge on any atom is -0.324 e. The van der Waals surface area contributed by atoms with Gasteiger partial charge in [-0.1, -0.05) is 77.3 Å². The van der Waals surface area contributed by atoms with E-state index in [2.05, 4.69) is 89.2 Å². The Bertz CT molecular complexity index is 1360. The lowest BCUT2D eigenvalue weighted by atomic mass is 10.0. The zero-order chi connectivity index (χ0) is 22.9. The quantitative estimate of drug-likeness (QED) is 0.404. The number of benzene rings is 3. The molecule has 2 heterocycles. The molecule has 0 bridgehead atoms. The fourth-order valence-corrected chi connectivity index (χ4v) is 3.94. The van der Waals surface area contributed by atoms with Crippen molar-refractivity contribution < 1.29 is 4.79 Å². The Morgan fingerprint density at radius 1 is 1.00 bits per heavy atom. The van der Waals surface area contributed by atoms with E-state index < -0.39 is 0 Å². The highest BCUT2D eigenvalue weighted by Crippen LogP contribution is 2.33. The highest BCUT2D eigenvalue weighted by molar-refractivity contribution is 6.31. The van der Waals surface area contributed by atoms with Crippen molar-refractivity contribution in [1.82, 2.24) is 14.8 Å². The van der Waals surface area contributed by atoms with Crippen LogP contribution < -0.4 is 10.6 Å². The number of carbonyl (C=O) groups excluding carboxylic acids is 1. The van der Waals surface area contributed by atoms with Crippen molar-refractivity contribution in [2.45, 2.75) is 19.9 Å². The van der Waals surface area contributed by atoms with E-state index >= 15 is 0 Å². The Balaban J connectivity index is 1.51. The van der Waals surface area contributed by atoms with Gasteiger partial charge < -0.3 is 5.32 Å². The number of halogens is 1. The van der Waals surface area contributed by atoms with Crippen molar-refractivity contribution in [3.63, 3.8) is 0 Å². The fraction of sp³-hybridized carbons (Fsp3) is 0.115. The highest BCUT2D eigenvalue weighted by Gasteiger charge is 2.26. The van der Waals surface area contributed by atoms with E-state index in [-0.39, 0.29) is 17.9 Å². The summed E-state index contributed by atoms with van der Waals surface area (Å²) >= 11 is 6.02. The molecule has 3 aromatic carbocycles. The van der Waals surface area contributed by atoms with E-state index in [1.165, 1.54) is 11.1 Å². The molecule has 5 rings (SSSR count). The minimum absolute atomic E-state index is 0.178. The summed E-state index contributed by atoms with van der Waals surface area (Å²) in [6, 6.07) is 23.2. The van der Waals surface area contributed by atoms with Gasteiger partial charge in [-0.25, -0.2) is 4.68 Å². The Morgan fingerprint density at radius 2 is 1.70 bits per heavy atom. The van der Waals surface area contributed by atoms with Crippen LogP contribution in [-0.2, 0) is 0 Å². The fourth-order valence-electron chi connectivity index (χ4n) is 3.75. The number of fused-ring (bicyclic) bond motifs is 1. The Kier molecular flexibility index (Phi) is 5.44. The number of amides is 1. The lowest BCUT2D eigenvalue weighted by Gasteiger charge is -2.24. The third-order valence-electron chi connectivity index (χ3n) is 5.56. The molecule has 2 N–H and O–H groups in total. The largest absolute Gasteiger partial charge is 0.324 e. The van der Waals surface area contributed by atoms with Crippen LogP contribution in [0, 0.1) is 13.8 Å². The van der Waals surface area contributed by atoms with Crippen LogP contribution in [0.3, 0.4) is 0 Å². The molecule has 0 unspecified atom stereocenters. The molecule has 6 nitrogen and oxygen atoms in total. The molecule has 0 radical (unpaired) electrons. The summed E-state index contributed by atoms with van der Waals surface area (Å²) in [5.41, 5.74) is 5.88. The lowest BCUT2D eigenvalue weighted by Crippen LogP contribution is -2.20. The van der Waals surface area contributed by atoms with Gasteiger partial charge in [-0.3, -0.25) is 10.1 Å². The van der Waals surface area contributed by atoms with Gasteiger partial charge in [-0.2, -0.15) is 4.98 Å². The van der Waals surface area contributed by atoms with Gasteiger partial charge >= 0.3 is 0 Å². The number of carbonyl (C=O) groups is 1. The predicted molar refractivity (Wildman–Crippen MR) is 132 cm³/mol. The molecule has 1 aliphatic heterocycles. The molecule has 1 aliphatic rings. The maximum atomic E-state index is 12.7. The first-order chi connectivity index (χ1) is 16.0. The second kappa shape index (κ2) is 8.56. The second-order valence-corrected chi connectivity index (χ2v) is 8.53. The van der Waals surface area contributed by atoms with E-state index in [1.807, 2.05) is 0 Å². The smallest absolute Gasteiger partial charge is 0.258 e. The highest BCUT2D eigenvalue weighted by atomic mass is 35.5. The molecule has 164 valence electrons. The van der Waals surface area contributed by atoms with Crippen molar-refractivity contribution in [2.75, 3.05) is 10.6 Å². The van der Waals surface area contributed by atoms with E-state index in [0.29, 0.717) is 16.5 Å². The standard InChI is InChI=1S/C26H22ClN5O/c1-16-6-10-18(11-7-16)22-15-23(19-12-8-17(2)9-13-19)32-26(28-22)30-25(31-32)29-24(33)20-4-3-5-21(27)14-20/h3-15,23H,1-2H3,(H2,28,29,30,31,33)/t23-/m0/s1. The van der Waals surface area contributed by atoms with Crippen LogP contribution in [0.5, 0.6) is 0 Å². The molecule has 4 aromatic rings. The third kappa shape index (κ3) is 4.38. The topological polar surface area (TPSA) is 71.8 Å². The number of anilines is 2. The predicted octanol–water partition coefficient (Wildman–Crippen LogP) is 5.86. The van der Waals surface area contributed by atoms with Gasteiger partial charge in [0.05, 0.1) is 0 Å².